The van der Waals surface area contributed by atoms with Crippen molar-refractivity contribution >= 4 is 29.5 Å². The van der Waals surface area contributed by atoms with Crippen molar-refractivity contribution in [2.75, 3.05) is 0 Å². The minimum absolute atomic E-state index is 0.127. The average Bonchev–Trinajstić information content (AvgIpc) is 2.50. The van der Waals surface area contributed by atoms with Crippen molar-refractivity contribution in [3.63, 3.8) is 0 Å². The van der Waals surface area contributed by atoms with Crippen molar-refractivity contribution in [1.82, 2.24) is 5.32 Å². The molecule has 0 aromatic heterocycles. The van der Waals surface area contributed by atoms with Crippen LogP contribution in [0.4, 0.5) is 0 Å². The summed E-state index contributed by atoms with van der Waals surface area (Å²) in [5.41, 5.74) is 2.46. The van der Waals surface area contributed by atoms with Gasteiger partial charge in [0, 0.05) is 23.9 Å². The molecule has 0 radical (unpaired) electrons. The number of allylic oxidation sites excluding steroid dienone is 2. The molecule has 2 rings (SSSR count). The fourth-order valence-electron chi connectivity index (χ4n) is 2.61. The summed E-state index contributed by atoms with van der Waals surface area (Å²) in [6.45, 7) is 0. The van der Waals surface area contributed by atoms with E-state index in [0.717, 1.165) is 6.08 Å². The van der Waals surface area contributed by atoms with E-state index < -0.39 is 66.0 Å². The number of Topliss-reactive ketones (excluding diaryl/α,β-unsaturated/α-hetero) is 2. The van der Waals surface area contributed by atoms with E-state index in [1.54, 1.807) is 0 Å². The van der Waals surface area contributed by atoms with Crippen LogP contribution >= 0.6 is 0 Å². The van der Waals surface area contributed by atoms with Gasteiger partial charge in [0.1, 0.15) is 6.04 Å². The van der Waals surface area contributed by atoms with E-state index in [2.05, 4.69) is 11.1 Å². The van der Waals surface area contributed by atoms with E-state index in [-0.39, 0.29) is 11.1 Å². The van der Waals surface area contributed by atoms with Gasteiger partial charge in [-0.1, -0.05) is 0 Å². The van der Waals surface area contributed by atoms with Gasteiger partial charge in [-0.2, -0.15) is 0 Å². The highest BCUT2D eigenvalue weighted by Crippen LogP contribution is 2.32. The minimum Gasteiger partial charge on any atom is -0.549 e. The van der Waals surface area contributed by atoms with Crippen molar-refractivity contribution in [1.29, 1.82) is 0 Å². The molecule has 10 nitrogen and oxygen atoms in total. The molecule has 0 spiro atoms. The number of hydrogen-bond acceptors (Lipinski definition) is 9. The lowest BCUT2D eigenvalue weighted by atomic mass is 9.79. The summed E-state index contributed by atoms with van der Waals surface area (Å²) in [5.74, 6) is -8.46. The molecule has 0 saturated heterocycles. The summed E-state index contributed by atoms with van der Waals surface area (Å²) in [6.07, 6.45) is 0.204. The van der Waals surface area contributed by atoms with E-state index in [0.29, 0.717) is 0 Å². The van der Waals surface area contributed by atoms with Crippen LogP contribution in [0.2, 0.25) is 0 Å². The number of quaternary nitrogens is 1. The first-order valence-electron chi connectivity index (χ1n) is 6.89. The molecule has 24 heavy (non-hydrogen) atoms. The Kier molecular flexibility index (Phi) is 4.51. The highest BCUT2D eigenvalue weighted by molar-refractivity contribution is 6.50. The van der Waals surface area contributed by atoms with Crippen molar-refractivity contribution in [3.05, 3.63) is 22.9 Å². The molecular weight excluding hydrogens is 324 g/mol. The average molecular weight is 336 g/mol. The second-order valence-electron chi connectivity index (χ2n) is 5.50. The summed E-state index contributed by atoms with van der Waals surface area (Å²) in [6, 6.07) is -2.79. The number of carboxylic acid groups (broad SMARTS) is 3. The molecule has 0 amide bonds. The maximum atomic E-state index is 12.1. The van der Waals surface area contributed by atoms with Crippen molar-refractivity contribution in [2.24, 2.45) is 5.92 Å². The van der Waals surface area contributed by atoms with Gasteiger partial charge < -0.3 is 40.8 Å². The van der Waals surface area contributed by atoms with Gasteiger partial charge in [0.05, 0.1) is 23.7 Å². The first-order chi connectivity index (χ1) is 11.1. The predicted molar refractivity (Wildman–Crippen MR) is 66.5 cm³/mol. The Hall–Kier alpha value is -3.01. The molecule has 1 heterocycles. The Bertz CT molecular complexity index is 720. The second-order valence-corrected chi connectivity index (χ2v) is 5.50. The number of aliphatic carboxylic acids is 3. The quantitative estimate of drug-likeness (QED) is 0.362. The SMILES string of the molecule is [NH3+]C(CC1=CC2=C(NC(C(=O)[O-])CC2C(=O)[O-])C(=O)C1=O)C(=O)[O-]. The zero-order chi connectivity index (χ0) is 18.2. The first-order valence-corrected chi connectivity index (χ1v) is 6.89. The Balaban J connectivity index is 2.48. The standard InChI is InChI=1S/C14H14N2O8/c15-7(13(21)22)2-4-1-5-6(12(19)20)3-8(14(23)24)16-9(5)11(18)10(4)17/h1,6-8,16H,2-3,15H2,(H,19,20)(H,21,22)(H,23,24)/p-2. The third kappa shape index (κ3) is 3.04. The fourth-order valence-corrected chi connectivity index (χ4v) is 2.61. The van der Waals surface area contributed by atoms with E-state index >= 15 is 0 Å². The molecule has 0 aromatic rings. The highest BCUT2D eigenvalue weighted by Gasteiger charge is 2.39. The van der Waals surface area contributed by atoms with Gasteiger partial charge in [0.25, 0.3) is 0 Å². The summed E-state index contributed by atoms with van der Waals surface area (Å²) >= 11 is 0. The summed E-state index contributed by atoms with van der Waals surface area (Å²) < 4.78 is 0. The number of rotatable bonds is 5. The smallest absolute Gasteiger partial charge is 0.249 e. The number of nitrogens with one attached hydrogen (secondary N) is 1. The fraction of sp³-hybridized carbons (Fsp3) is 0.357. The number of carbonyl (C=O) groups is 5. The number of carbonyl (C=O) groups excluding carboxylic acids is 5. The van der Waals surface area contributed by atoms with Crippen LogP contribution in [0.5, 0.6) is 0 Å². The van der Waals surface area contributed by atoms with Crippen LogP contribution in [0.25, 0.3) is 0 Å². The van der Waals surface area contributed by atoms with Crippen LogP contribution in [-0.2, 0) is 24.0 Å². The molecule has 1 aliphatic heterocycles. The third-order valence-corrected chi connectivity index (χ3v) is 3.88. The number of hydrogen-bond donors (Lipinski definition) is 2. The molecule has 3 atom stereocenters. The van der Waals surface area contributed by atoms with Gasteiger partial charge in [0.2, 0.25) is 11.6 Å². The van der Waals surface area contributed by atoms with E-state index in [9.17, 15) is 39.3 Å². The van der Waals surface area contributed by atoms with Crippen molar-refractivity contribution < 1.29 is 45.0 Å². The lowest BCUT2D eigenvalue weighted by Gasteiger charge is -2.36. The van der Waals surface area contributed by atoms with Crippen LogP contribution < -0.4 is 26.4 Å². The Morgan fingerprint density at radius 3 is 2.29 bits per heavy atom. The van der Waals surface area contributed by atoms with Gasteiger partial charge in [-0.05, 0) is 18.1 Å². The van der Waals surface area contributed by atoms with Crippen molar-refractivity contribution in [2.45, 2.75) is 24.9 Å². The number of carboxylic acids is 3. The summed E-state index contributed by atoms with van der Waals surface area (Å²) in [7, 11) is 0. The number of ketones is 2. The molecule has 0 fully saturated rings. The van der Waals surface area contributed by atoms with E-state index in [1.165, 1.54) is 0 Å². The summed E-state index contributed by atoms with van der Waals surface area (Å²) in [4.78, 5) is 57.1. The molecule has 0 aromatic carbocycles. The third-order valence-electron chi connectivity index (χ3n) is 3.88. The normalized spacial score (nSPS) is 24.6. The van der Waals surface area contributed by atoms with Gasteiger partial charge in [-0.3, -0.25) is 9.59 Å². The molecule has 128 valence electrons. The van der Waals surface area contributed by atoms with Crippen LogP contribution in [0, 0.1) is 5.92 Å². The Labute approximate surface area is 134 Å². The second kappa shape index (κ2) is 6.24. The lowest BCUT2D eigenvalue weighted by molar-refractivity contribution is -0.436. The van der Waals surface area contributed by atoms with Gasteiger partial charge in [-0.25, -0.2) is 0 Å². The zero-order valence-corrected chi connectivity index (χ0v) is 12.2. The van der Waals surface area contributed by atoms with E-state index in [4.69, 9.17) is 0 Å². The first kappa shape index (κ1) is 17.3. The monoisotopic (exact) mass is 336 g/mol. The Morgan fingerprint density at radius 1 is 1.17 bits per heavy atom. The van der Waals surface area contributed by atoms with Crippen LogP contribution in [0.15, 0.2) is 22.9 Å². The molecule has 3 unspecified atom stereocenters. The molecule has 0 bridgehead atoms. The Morgan fingerprint density at radius 2 is 1.79 bits per heavy atom. The van der Waals surface area contributed by atoms with Gasteiger partial charge >= 0.3 is 0 Å². The van der Waals surface area contributed by atoms with Crippen LogP contribution in [0.3, 0.4) is 0 Å². The minimum atomic E-state index is -1.63. The van der Waals surface area contributed by atoms with E-state index in [1.807, 2.05) is 0 Å². The predicted octanol–water partition coefficient (Wildman–Crippen LogP) is -6.45. The maximum Gasteiger partial charge on any atom is 0.249 e. The molecule has 2 aliphatic rings. The van der Waals surface area contributed by atoms with Gasteiger partial charge in [0.15, 0.2) is 0 Å². The zero-order valence-electron chi connectivity index (χ0n) is 12.2. The molecule has 10 heteroatoms. The van der Waals surface area contributed by atoms with Crippen LogP contribution in [0.1, 0.15) is 12.8 Å². The molecular formula is C14H12N2O8-2. The molecule has 4 N–H and O–H groups in total. The highest BCUT2D eigenvalue weighted by atomic mass is 16.4. The molecule has 0 saturated carbocycles. The van der Waals surface area contributed by atoms with Crippen LogP contribution in [-0.4, -0.2) is 41.6 Å². The largest absolute Gasteiger partial charge is 0.549 e. The molecule has 1 aliphatic carbocycles. The lowest BCUT2D eigenvalue weighted by Crippen LogP contribution is -2.68. The van der Waals surface area contributed by atoms with Crippen molar-refractivity contribution in [3.8, 4) is 0 Å². The summed E-state index contributed by atoms with van der Waals surface area (Å²) in [5, 5.41) is 35.3. The maximum absolute atomic E-state index is 12.1. The van der Waals surface area contributed by atoms with Gasteiger partial charge in [-0.15, -0.1) is 0 Å². The topological polar surface area (TPSA) is 194 Å².